The molecule has 6 atom stereocenters. The second kappa shape index (κ2) is 39.5. The lowest BCUT2D eigenvalue weighted by atomic mass is 9.99. The molecule has 0 aliphatic carbocycles. The number of aliphatic hydroxyl groups excluding tert-OH is 4. The predicted octanol–water partition coefficient (Wildman–Crippen LogP) is 10.2. The quantitative estimate of drug-likeness (QED) is 0.0269. The maximum Gasteiger partial charge on any atom is 0.306 e. The van der Waals surface area contributed by atoms with Gasteiger partial charge in [0.25, 0.3) is 0 Å². The molecular formula is C49H84O10. The summed E-state index contributed by atoms with van der Waals surface area (Å²) in [5.41, 5.74) is 0. The van der Waals surface area contributed by atoms with E-state index < -0.39 is 55.4 Å². The van der Waals surface area contributed by atoms with Crippen LogP contribution in [0.4, 0.5) is 0 Å². The van der Waals surface area contributed by atoms with Crippen molar-refractivity contribution in [1.29, 1.82) is 0 Å². The number of esters is 2. The first-order valence-electron chi connectivity index (χ1n) is 23.4. The number of carbonyl (C=O) groups is 2. The van der Waals surface area contributed by atoms with Crippen molar-refractivity contribution in [2.45, 2.75) is 218 Å². The summed E-state index contributed by atoms with van der Waals surface area (Å²) in [5, 5.41) is 40.1. The van der Waals surface area contributed by atoms with E-state index in [0.29, 0.717) is 12.8 Å². The van der Waals surface area contributed by atoms with Crippen molar-refractivity contribution in [1.82, 2.24) is 0 Å². The Morgan fingerprint density at radius 1 is 0.525 bits per heavy atom. The highest BCUT2D eigenvalue weighted by Gasteiger charge is 2.44. The van der Waals surface area contributed by atoms with Crippen LogP contribution < -0.4 is 0 Å². The lowest BCUT2D eigenvalue weighted by Gasteiger charge is -2.39. The Kier molecular flexibility index (Phi) is 36.5. The second-order valence-corrected chi connectivity index (χ2v) is 15.8. The van der Waals surface area contributed by atoms with Gasteiger partial charge in [0, 0.05) is 12.8 Å². The van der Waals surface area contributed by atoms with Gasteiger partial charge in [0.05, 0.1) is 13.2 Å². The molecule has 1 saturated heterocycles. The number of ether oxygens (including phenoxy) is 4. The molecule has 0 aromatic carbocycles. The van der Waals surface area contributed by atoms with Crippen LogP contribution in [0.2, 0.25) is 0 Å². The van der Waals surface area contributed by atoms with Gasteiger partial charge in [-0.3, -0.25) is 9.59 Å². The standard InChI is InChI=1S/C49H84O10/c1-3-5-7-9-11-13-15-17-19-21-23-25-27-29-31-33-35-37-44(51)56-40-42(41-57-49-48(55)47(54)46(53)43(39-50)59-49)58-45(52)38-36-34-32-30-28-26-24-22-20-18-16-14-12-10-8-6-4-2/h7,9,13,15,18-21,25,27,42-43,46-50,53-55H,3-6,8,10-12,14,16-17,22-24,26,28-41H2,1-2H3/b9-7+,15-13+,20-18+,21-19+,27-25+/t42-,43-,46+,47?,48?,49-/m0/s1. The van der Waals surface area contributed by atoms with E-state index in [0.717, 1.165) is 70.6 Å². The Labute approximate surface area is 358 Å². The van der Waals surface area contributed by atoms with Crippen molar-refractivity contribution in [3.63, 3.8) is 0 Å². The smallest absolute Gasteiger partial charge is 0.306 e. The van der Waals surface area contributed by atoms with Gasteiger partial charge in [0.1, 0.15) is 31.0 Å². The minimum atomic E-state index is -1.60. The zero-order valence-corrected chi connectivity index (χ0v) is 37.0. The topological polar surface area (TPSA) is 152 Å². The zero-order valence-electron chi connectivity index (χ0n) is 37.0. The number of aliphatic hydroxyl groups is 4. The van der Waals surface area contributed by atoms with E-state index >= 15 is 0 Å². The molecule has 10 nitrogen and oxygen atoms in total. The molecule has 1 aliphatic rings. The summed E-state index contributed by atoms with van der Waals surface area (Å²) in [6.07, 6.45) is 40.8. The van der Waals surface area contributed by atoms with Gasteiger partial charge in [-0.25, -0.2) is 0 Å². The average Bonchev–Trinajstić information content (AvgIpc) is 3.23. The first-order valence-corrected chi connectivity index (χ1v) is 23.4. The number of allylic oxidation sites excluding steroid dienone is 10. The summed E-state index contributed by atoms with van der Waals surface area (Å²) in [5.74, 6) is -0.850. The van der Waals surface area contributed by atoms with Crippen LogP contribution in [0.5, 0.6) is 0 Å². The van der Waals surface area contributed by atoms with Crippen molar-refractivity contribution in [3.05, 3.63) is 60.8 Å². The molecule has 1 rings (SSSR count). The van der Waals surface area contributed by atoms with Gasteiger partial charge in [0.15, 0.2) is 12.4 Å². The van der Waals surface area contributed by atoms with E-state index in [2.05, 4.69) is 74.6 Å². The predicted molar refractivity (Wildman–Crippen MR) is 238 cm³/mol. The first kappa shape index (κ1) is 54.4. The molecule has 1 aliphatic heterocycles. The first-order chi connectivity index (χ1) is 28.8. The van der Waals surface area contributed by atoms with Gasteiger partial charge in [-0.15, -0.1) is 0 Å². The maximum atomic E-state index is 12.8. The fraction of sp³-hybridized carbons (Fsp3) is 0.755. The van der Waals surface area contributed by atoms with Crippen LogP contribution >= 0.6 is 0 Å². The van der Waals surface area contributed by atoms with Crippen molar-refractivity contribution < 1.29 is 49.0 Å². The van der Waals surface area contributed by atoms with Gasteiger partial charge in [-0.1, -0.05) is 152 Å². The number of unbranched alkanes of at least 4 members (excludes halogenated alkanes) is 17. The Morgan fingerprint density at radius 2 is 0.983 bits per heavy atom. The van der Waals surface area contributed by atoms with Crippen LogP contribution in [-0.2, 0) is 28.5 Å². The van der Waals surface area contributed by atoms with E-state index in [4.69, 9.17) is 18.9 Å². The zero-order chi connectivity index (χ0) is 43.0. The Balaban J connectivity index is 2.35. The Hall–Kier alpha value is -2.60. The fourth-order valence-electron chi connectivity index (χ4n) is 6.64. The van der Waals surface area contributed by atoms with E-state index in [-0.39, 0.29) is 26.1 Å². The van der Waals surface area contributed by atoms with Crippen molar-refractivity contribution in [2.24, 2.45) is 0 Å². The molecule has 0 aromatic heterocycles. The second-order valence-electron chi connectivity index (χ2n) is 15.8. The Bertz CT molecular complexity index is 1150. The highest BCUT2D eigenvalue weighted by Crippen LogP contribution is 2.22. The fourth-order valence-corrected chi connectivity index (χ4v) is 6.64. The summed E-state index contributed by atoms with van der Waals surface area (Å²) < 4.78 is 22.1. The summed E-state index contributed by atoms with van der Waals surface area (Å²) in [4.78, 5) is 25.4. The molecule has 1 heterocycles. The van der Waals surface area contributed by atoms with Crippen LogP contribution in [0.15, 0.2) is 60.8 Å². The van der Waals surface area contributed by atoms with Crippen LogP contribution in [0, 0.1) is 0 Å². The van der Waals surface area contributed by atoms with E-state index in [9.17, 15) is 30.0 Å². The van der Waals surface area contributed by atoms with Gasteiger partial charge < -0.3 is 39.4 Å². The van der Waals surface area contributed by atoms with Crippen LogP contribution in [0.25, 0.3) is 0 Å². The molecule has 340 valence electrons. The van der Waals surface area contributed by atoms with E-state index in [1.165, 1.54) is 70.6 Å². The van der Waals surface area contributed by atoms with Crippen molar-refractivity contribution >= 4 is 11.9 Å². The third-order valence-corrected chi connectivity index (χ3v) is 10.4. The lowest BCUT2D eigenvalue weighted by Crippen LogP contribution is -2.59. The molecule has 0 bridgehead atoms. The van der Waals surface area contributed by atoms with E-state index in [1.54, 1.807) is 0 Å². The number of carbonyl (C=O) groups excluding carboxylic acids is 2. The van der Waals surface area contributed by atoms with Gasteiger partial charge in [-0.2, -0.15) is 0 Å². The summed E-state index contributed by atoms with van der Waals surface area (Å²) in [7, 11) is 0. The highest BCUT2D eigenvalue weighted by atomic mass is 16.7. The SMILES string of the molecule is CCC/C=C/C/C=C/C/C=C/C/C=C/CCCCCC(=O)OC[C@@H](CO[C@H]1O[C@@H](CO)[C@@H](O)C(O)C1O)OC(=O)CCCCCCCCC/C=C/CCCCCCCC. The van der Waals surface area contributed by atoms with Crippen molar-refractivity contribution in [3.8, 4) is 0 Å². The molecule has 0 spiro atoms. The summed E-state index contributed by atoms with van der Waals surface area (Å²) in [6.45, 7) is 3.31. The molecule has 1 fully saturated rings. The lowest BCUT2D eigenvalue weighted by molar-refractivity contribution is -0.305. The minimum Gasteiger partial charge on any atom is -0.462 e. The monoisotopic (exact) mass is 833 g/mol. The third kappa shape index (κ3) is 31.0. The molecule has 10 heteroatoms. The molecule has 59 heavy (non-hydrogen) atoms. The summed E-state index contributed by atoms with van der Waals surface area (Å²) >= 11 is 0. The molecule has 2 unspecified atom stereocenters. The number of hydrogen-bond donors (Lipinski definition) is 4. The normalized spacial score (nSPS) is 20.5. The molecule has 0 aromatic rings. The largest absolute Gasteiger partial charge is 0.462 e. The number of rotatable bonds is 38. The molecule has 0 amide bonds. The van der Waals surface area contributed by atoms with Crippen LogP contribution in [0.3, 0.4) is 0 Å². The van der Waals surface area contributed by atoms with Crippen LogP contribution in [0.1, 0.15) is 181 Å². The molecule has 0 saturated carbocycles. The minimum absolute atomic E-state index is 0.216. The van der Waals surface area contributed by atoms with Gasteiger partial charge in [-0.05, 0) is 77.0 Å². The third-order valence-electron chi connectivity index (χ3n) is 10.4. The average molecular weight is 833 g/mol. The van der Waals surface area contributed by atoms with Gasteiger partial charge >= 0.3 is 11.9 Å². The molecule has 0 radical (unpaired) electrons. The Morgan fingerprint density at radius 3 is 1.53 bits per heavy atom. The van der Waals surface area contributed by atoms with Gasteiger partial charge in [0.2, 0.25) is 0 Å². The molecular weight excluding hydrogens is 749 g/mol. The molecule has 4 N–H and O–H groups in total. The highest BCUT2D eigenvalue weighted by molar-refractivity contribution is 5.70. The number of hydrogen-bond acceptors (Lipinski definition) is 10. The van der Waals surface area contributed by atoms with Crippen LogP contribution in [-0.4, -0.2) is 89.0 Å². The summed E-state index contributed by atoms with van der Waals surface area (Å²) in [6, 6.07) is 0. The van der Waals surface area contributed by atoms with Crippen molar-refractivity contribution in [2.75, 3.05) is 19.8 Å². The maximum absolute atomic E-state index is 12.8. The van der Waals surface area contributed by atoms with E-state index in [1.807, 2.05) is 0 Å².